The van der Waals surface area contributed by atoms with Crippen LogP contribution in [0.25, 0.3) is 0 Å². The molecule has 3 atom stereocenters. The molecule has 0 rings (SSSR count). The molecule has 0 aliphatic carbocycles. The van der Waals surface area contributed by atoms with E-state index in [0.717, 1.165) is 0 Å². The highest BCUT2D eigenvalue weighted by Gasteiger charge is 2.28. The maximum atomic E-state index is 11.8. The van der Waals surface area contributed by atoms with E-state index < -0.39 is 42.5 Å². The molecule has 2 amide bonds. The number of nitrogens with two attached hydrogens (primary N) is 1. The van der Waals surface area contributed by atoms with Crippen LogP contribution in [0.3, 0.4) is 0 Å². The van der Waals surface area contributed by atoms with E-state index in [1.807, 2.05) is 13.8 Å². The van der Waals surface area contributed by atoms with Crippen molar-refractivity contribution in [2.45, 2.75) is 45.4 Å². The summed E-state index contributed by atoms with van der Waals surface area (Å²) in [4.78, 5) is 33.8. The second kappa shape index (κ2) is 8.49. The lowest BCUT2D eigenvalue weighted by atomic mass is 10.0. The number of aliphatic hydroxyl groups excluding tert-OH is 1. The average molecular weight is 289 g/mol. The summed E-state index contributed by atoms with van der Waals surface area (Å²) in [5.41, 5.74) is 5.67. The topological polar surface area (TPSA) is 142 Å². The van der Waals surface area contributed by atoms with Gasteiger partial charge < -0.3 is 26.6 Å². The van der Waals surface area contributed by atoms with Crippen molar-refractivity contribution in [3.8, 4) is 0 Å². The predicted molar refractivity (Wildman–Crippen MR) is 71.7 cm³/mol. The molecule has 0 aromatic carbocycles. The number of hydrogen-bond acceptors (Lipinski definition) is 5. The Morgan fingerprint density at radius 2 is 1.70 bits per heavy atom. The zero-order valence-corrected chi connectivity index (χ0v) is 11.9. The number of carbonyl (C=O) groups is 3. The van der Waals surface area contributed by atoms with E-state index >= 15 is 0 Å². The molecule has 0 saturated carbocycles. The Labute approximate surface area is 117 Å². The second-order valence-corrected chi connectivity index (χ2v) is 5.07. The number of hydrogen-bond donors (Lipinski definition) is 5. The predicted octanol–water partition coefficient (Wildman–Crippen LogP) is -1.57. The minimum absolute atomic E-state index is 0.210. The molecule has 116 valence electrons. The number of carboxylic acids is 1. The summed E-state index contributed by atoms with van der Waals surface area (Å²) < 4.78 is 0. The fraction of sp³-hybridized carbons (Fsp3) is 0.750. The van der Waals surface area contributed by atoms with Gasteiger partial charge in [-0.3, -0.25) is 14.4 Å². The lowest BCUT2D eigenvalue weighted by Gasteiger charge is -2.23. The van der Waals surface area contributed by atoms with Crippen molar-refractivity contribution in [2.24, 2.45) is 11.7 Å². The van der Waals surface area contributed by atoms with Gasteiger partial charge in [0.1, 0.15) is 12.6 Å². The van der Waals surface area contributed by atoms with Crippen molar-refractivity contribution < 1.29 is 24.6 Å². The molecule has 0 radical (unpaired) electrons. The monoisotopic (exact) mass is 289 g/mol. The Hall–Kier alpha value is -1.67. The number of rotatable bonds is 8. The van der Waals surface area contributed by atoms with Crippen LogP contribution in [-0.2, 0) is 14.4 Å². The number of amides is 2. The lowest BCUT2D eigenvalue weighted by Crippen LogP contribution is -2.56. The summed E-state index contributed by atoms with van der Waals surface area (Å²) >= 11 is 0. The molecule has 0 unspecified atom stereocenters. The fourth-order valence-electron chi connectivity index (χ4n) is 1.55. The summed E-state index contributed by atoms with van der Waals surface area (Å²) in [6.45, 7) is 4.53. The first-order valence-electron chi connectivity index (χ1n) is 6.38. The molecule has 0 bridgehead atoms. The minimum Gasteiger partial charge on any atom is -0.480 e. The Kier molecular flexibility index (Phi) is 7.78. The van der Waals surface area contributed by atoms with Gasteiger partial charge in [-0.15, -0.1) is 0 Å². The quantitative estimate of drug-likeness (QED) is 0.365. The smallest absolute Gasteiger partial charge is 0.322 e. The van der Waals surface area contributed by atoms with Gasteiger partial charge in [0.2, 0.25) is 11.8 Å². The highest BCUT2D eigenvalue weighted by atomic mass is 16.4. The number of nitrogens with one attached hydrogen (secondary N) is 2. The molecule has 0 saturated heterocycles. The van der Waals surface area contributed by atoms with Gasteiger partial charge in [0, 0.05) is 0 Å². The first-order valence-corrected chi connectivity index (χ1v) is 6.38. The Balaban J connectivity index is 4.57. The van der Waals surface area contributed by atoms with Gasteiger partial charge in [0.05, 0.1) is 12.1 Å². The molecule has 8 nitrogen and oxygen atoms in total. The third-order valence-corrected chi connectivity index (χ3v) is 2.54. The van der Waals surface area contributed by atoms with Gasteiger partial charge in [-0.2, -0.15) is 0 Å². The second-order valence-electron chi connectivity index (χ2n) is 5.07. The summed E-state index contributed by atoms with van der Waals surface area (Å²) in [7, 11) is 0. The molecule has 0 aromatic heterocycles. The van der Waals surface area contributed by atoms with Crippen molar-refractivity contribution in [3.05, 3.63) is 0 Å². The largest absolute Gasteiger partial charge is 0.480 e. The van der Waals surface area contributed by atoms with Crippen molar-refractivity contribution in [3.63, 3.8) is 0 Å². The van der Waals surface area contributed by atoms with Gasteiger partial charge in [0.15, 0.2) is 0 Å². The van der Waals surface area contributed by atoms with Crippen LogP contribution in [0.1, 0.15) is 27.2 Å². The third-order valence-electron chi connectivity index (χ3n) is 2.54. The van der Waals surface area contributed by atoms with Crippen LogP contribution in [0.5, 0.6) is 0 Å². The van der Waals surface area contributed by atoms with E-state index in [0.29, 0.717) is 6.42 Å². The molecular weight excluding hydrogens is 266 g/mol. The molecule has 0 fully saturated rings. The first kappa shape index (κ1) is 18.3. The van der Waals surface area contributed by atoms with Gasteiger partial charge in [-0.25, -0.2) is 0 Å². The molecular formula is C12H23N3O5. The summed E-state index contributed by atoms with van der Waals surface area (Å²) in [6, 6.07) is -2.02. The van der Waals surface area contributed by atoms with Gasteiger partial charge in [-0.1, -0.05) is 13.8 Å². The van der Waals surface area contributed by atoms with Crippen LogP contribution in [0, 0.1) is 5.92 Å². The van der Waals surface area contributed by atoms with Crippen LogP contribution in [0.4, 0.5) is 0 Å². The van der Waals surface area contributed by atoms with Crippen molar-refractivity contribution >= 4 is 17.8 Å². The van der Waals surface area contributed by atoms with Crippen LogP contribution >= 0.6 is 0 Å². The van der Waals surface area contributed by atoms with E-state index in [-0.39, 0.29) is 5.92 Å². The zero-order chi connectivity index (χ0) is 15.9. The normalized spacial score (nSPS) is 15.3. The van der Waals surface area contributed by atoms with Crippen LogP contribution in [0.15, 0.2) is 0 Å². The Morgan fingerprint density at radius 3 is 2.10 bits per heavy atom. The maximum Gasteiger partial charge on any atom is 0.322 e. The van der Waals surface area contributed by atoms with Crippen molar-refractivity contribution in [2.75, 3.05) is 6.54 Å². The molecule has 0 aromatic rings. The van der Waals surface area contributed by atoms with Crippen LogP contribution in [0.2, 0.25) is 0 Å². The van der Waals surface area contributed by atoms with E-state index in [2.05, 4.69) is 10.6 Å². The van der Waals surface area contributed by atoms with E-state index in [1.165, 1.54) is 6.92 Å². The van der Waals surface area contributed by atoms with E-state index in [9.17, 15) is 19.5 Å². The first-order chi connectivity index (χ1) is 9.15. The number of carboxylic acid groups (broad SMARTS) is 1. The molecule has 0 aliphatic rings. The lowest BCUT2D eigenvalue weighted by molar-refractivity contribution is -0.139. The standard InChI is InChI=1S/C12H23N3O5/c1-6(2)4-8(13)11(19)15-10(7(3)16)12(20)14-5-9(17)18/h6-8,10,16H,4-5,13H2,1-3H3,(H,14,20)(H,15,19)(H,17,18)/t7-,8+,10+/m1/s1. The van der Waals surface area contributed by atoms with Crippen molar-refractivity contribution in [1.29, 1.82) is 0 Å². The van der Waals surface area contributed by atoms with Crippen LogP contribution < -0.4 is 16.4 Å². The Morgan fingerprint density at radius 1 is 1.15 bits per heavy atom. The SMILES string of the molecule is CC(C)C[C@H](N)C(=O)N[C@H](C(=O)NCC(=O)O)[C@@H](C)O. The average Bonchev–Trinajstić information content (AvgIpc) is 2.31. The number of aliphatic hydroxyl groups is 1. The van der Waals surface area contributed by atoms with Gasteiger partial charge in [0.25, 0.3) is 0 Å². The van der Waals surface area contributed by atoms with Crippen LogP contribution in [-0.4, -0.2) is 52.7 Å². The van der Waals surface area contributed by atoms with Gasteiger partial charge >= 0.3 is 5.97 Å². The highest BCUT2D eigenvalue weighted by Crippen LogP contribution is 2.03. The summed E-state index contributed by atoms with van der Waals surface area (Å²) in [5, 5.41) is 22.4. The van der Waals surface area contributed by atoms with Gasteiger partial charge in [-0.05, 0) is 19.3 Å². The molecule has 20 heavy (non-hydrogen) atoms. The minimum atomic E-state index is -1.24. The highest BCUT2D eigenvalue weighted by molar-refractivity contribution is 5.91. The summed E-state index contributed by atoms with van der Waals surface area (Å²) in [5.74, 6) is -2.34. The molecule has 0 heterocycles. The molecule has 0 spiro atoms. The maximum absolute atomic E-state index is 11.8. The molecule has 6 N–H and O–H groups in total. The third kappa shape index (κ3) is 7.05. The van der Waals surface area contributed by atoms with E-state index in [4.69, 9.17) is 10.8 Å². The zero-order valence-electron chi connectivity index (χ0n) is 11.9. The number of carbonyl (C=O) groups excluding carboxylic acids is 2. The van der Waals surface area contributed by atoms with E-state index in [1.54, 1.807) is 0 Å². The van der Waals surface area contributed by atoms with Crippen molar-refractivity contribution in [1.82, 2.24) is 10.6 Å². The molecule has 8 heteroatoms. The molecule has 0 aliphatic heterocycles. The summed E-state index contributed by atoms with van der Waals surface area (Å²) in [6.07, 6.45) is -0.728. The fourth-order valence-corrected chi connectivity index (χ4v) is 1.55. The number of aliphatic carboxylic acids is 1. The Bertz CT molecular complexity index is 357.